The number of aliphatic hydroxyl groups is 1. The van der Waals surface area contributed by atoms with Crippen LogP contribution in [0, 0.1) is 11.8 Å². The topological polar surface area (TPSA) is 77.4 Å². The molecule has 4 heterocycles. The minimum absolute atomic E-state index is 0.242. The fourth-order valence-corrected chi connectivity index (χ4v) is 4.18. The van der Waals surface area contributed by atoms with Gasteiger partial charge in [-0.15, -0.1) is 0 Å². The largest absolute Gasteiger partial charge is 0.396 e. The number of pyridine rings is 1. The van der Waals surface area contributed by atoms with Crippen LogP contribution in [0.5, 0.6) is 0 Å². The van der Waals surface area contributed by atoms with Crippen molar-refractivity contribution in [2.24, 2.45) is 11.8 Å². The molecule has 1 unspecified atom stereocenters. The van der Waals surface area contributed by atoms with Crippen molar-refractivity contribution in [2.45, 2.75) is 39.2 Å². The lowest BCUT2D eigenvalue weighted by Gasteiger charge is -2.32. The summed E-state index contributed by atoms with van der Waals surface area (Å²) >= 11 is 0. The van der Waals surface area contributed by atoms with E-state index >= 15 is 0 Å². The molecule has 7 heteroatoms. The number of aromatic nitrogens is 3. The predicted molar refractivity (Wildman–Crippen MR) is 116 cm³/mol. The van der Waals surface area contributed by atoms with Crippen LogP contribution < -0.4 is 15.1 Å². The zero-order valence-electron chi connectivity index (χ0n) is 17.3. The Labute approximate surface area is 173 Å². The van der Waals surface area contributed by atoms with Gasteiger partial charge >= 0.3 is 0 Å². The van der Waals surface area contributed by atoms with Crippen molar-refractivity contribution in [3.8, 4) is 0 Å². The van der Waals surface area contributed by atoms with Crippen molar-refractivity contribution < 1.29 is 5.11 Å². The average molecular weight is 397 g/mol. The Bertz CT molecular complexity index is 775. The van der Waals surface area contributed by atoms with E-state index in [0.29, 0.717) is 12.5 Å². The molecular weight excluding hydrogens is 364 g/mol. The van der Waals surface area contributed by atoms with E-state index < -0.39 is 0 Å². The highest BCUT2D eigenvalue weighted by molar-refractivity contribution is 5.49. The van der Waals surface area contributed by atoms with Gasteiger partial charge < -0.3 is 20.2 Å². The van der Waals surface area contributed by atoms with Crippen molar-refractivity contribution in [1.82, 2.24) is 15.0 Å². The molecule has 0 aromatic carbocycles. The molecule has 0 spiro atoms. The molecule has 0 bridgehead atoms. The predicted octanol–water partition coefficient (Wildman–Crippen LogP) is 2.93. The quantitative estimate of drug-likeness (QED) is 0.777. The smallest absolute Gasteiger partial charge is 0.134 e. The molecule has 2 aromatic rings. The van der Waals surface area contributed by atoms with Crippen LogP contribution in [-0.4, -0.2) is 52.8 Å². The van der Waals surface area contributed by atoms with Crippen LogP contribution in [-0.2, 0) is 6.54 Å². The molecule has 0 amide bonds. The van der Waals surface area contributed by atoms with Gasteiger partial charge in [-0.05, 0) is 49.1 Å². The maximum absolute atomic E-state index is 9.45. The Balaban J connectivity index is 1.33. The van der Waals surface area contributed by atoms with E-state index in [-0.39, 0.29) is 6.61 Å². The van der Waals surface area contributed by atoms with Crippen molar-refractivity contribution >= 4 is 17.5 Å². The number of nitrogens with one attached hydrogen (secondary N) is 1. The Morgan fingerprint density at radius 2 is 1.90 bits per heavy atom. The van der Waals surface area contributed by atoms with Gasteiger partial charge in [0.05, 0.1) is 0 Å². The minimum Gasteiger partial charge on any atom is -0.396 e. The van der Waals surface area contributed by atoms with Crippen molar-refractivity contribution in [2.75, 3.05) is 47.9 Å². The van der Waals surface area contributed by atoms with E-state index in [4.69, 9.17) is 0 Å². The second-order valence-electron chi connectivity index (χ2n) is 8.45. The van der Waals surface area contributed by atoms with Crippen molar-refractivity contribution in [1.29, 1.82) is 0 Å². The fraction of sp³-hybridized carbons (Fsp3) is 0.591. The lowest BCUT2D eigenvalue weighted by atomic mass is 9.99. The number of nitrogens with zero attached hydrogens (tertiary/aromatic N) is 5. The Morgan fingerprint density at radius 1 is 1.03 bits per heavy atom. The number of rotatable bonds is 6. The van der Waals surface area contributed by atoms with Crippen LogP contribution in [0.1, 0.15) is 38.2 Å². The van der Waals surface area contributed by atoms with E-state index in [2.05, 4.69) is 49.1 Å². The SMILES string of the molecule is CC1CCN(c2ccc(CNc3cc(N4CCCC(CO)C4)ncn3)cn2)CC1. The molecule has 2 saturated heterocycles. The highest BCUT2D eigenvalue weighted by atomic mass is 16.3. The summed E-state index contributed by atoms with van der Waals surface area (Å²) in [5, 5.41) is 12.8. The molecule has 4 rings (SSSR count). The van der Waals surface area contributed by atoms with Gasteiger partial charge in [0.15, 0.2) is 0 Å². The van der Waals surface area contributed by atoms with Gasteiger partial charge in [-0.2, -0.15) is 0 Å². The average Bonchev–Trinajstić information content (AvgIpc) is 2.79. The Morgan fingerprint density at radius 3 is 2.66 bits per heavy atom. The third-order valence-electron chi connectivity index (χ3n) is 6.14. The third kappa shape index (κ3) is 5.15. The highest BCUT2D eigenvalue weighted by Crippen LogP contribution is 2.23. The monoisotopic (exact) mass is 396 g/mol. The van der Waals surface area contributed by atoms with Gasteiger partial charge in [0.25, 0.3) is 0 Å². The van der Waals surface area contributed by atoms with Crippen LogP contribution in [0.2, 0.25) is 0 Å². The zero-order chi connectivity index (χ0) is 20.1. The van der Waals surface area contributed by atoms with E-state index in [1.54, 1.807) is 6.33 Å². The van der Waals surface area contributed by atoms with Gasteiger partial charge in [-0.1, -0.05) is 13.0 Å². The van der Waals surface area contributed by atoms with Crippen LogP contribution in [0.25, 0.3) is 0 Å². The minimum atomic E-state index is 0.242. The summed E-state index contributed by atoms with van der Waals surface area (Å²) < 4.78 is 0. The molecule has 2 fully saturated rings. The molecule has 0 saturated carbocycles. The van der Waals surface area contributed by atoms with Gasteiger partial charge in [0.1, 0.15) is 23.8 Å². The molecule has 1 atom stereocenters. The second kappa shape index (κ2) is 9.39. The zero-order valence-corrected chi connectivity index (χ0v) is 17.3. The molecule has 2 aliphatic heterocycles. The maximum atomic E-state index is 9.45. The highest BCUT2D eigenvalue weighted by Gasteiger charge is 2.20. The summed E-state index contributed by atoms with van der Waals surface area (Å²) in [5.74, 6) is 3.98. The van der Waals surface area contributed by atoms with Crippen LogP contribution in [0.4, 0.5) is 17.5 Å². The second-order valence-corrected chi connectivity index (χ2v) is 8.45. The van der Waals surface area contributed by atoms with E-state index in [1.165, 1.54) is 12.8 Å². The molecule has 29 heavy (non-hydrogen) atoms. The number of piperidine rings is 2. The van der Waals surface area contributed by atoms with Crippen molar-refractivity contribution in [3.05, 3.63) is 36.3 Å². The van der Waals surface area contributed by atoms with Crippen LogP contribution in [0.15, 0.2) is 30.7 Å². The van der Waals surface area contributed by atoms with Crippen LogP contribution >= 0.6 is 0 Å². The summed E-state index contributed by atoms with van der Waals surface area (Å²) in [5.41, 5.74) is 1.14. The maximum Gasteiger partial charge on any atom is 0.134 e. The fourth-order valence-electron chi connectivity index (χ4n) is 4.18. The van der Waals surface area contributed by atoms with Gasteiger partial charge in [0, 0.05) is 51.6 Å². The Hall–Kier alpha value is -2.41. The summed E-state index contributed by atoms with van der Waals surface area (Å²) in [6.07, 6.45) is 8.24. The molecule has 2 N–H and O–H groups in total. The summed E-state index contributed by atoms with van der Waals surface area (Å²) in [4.78, 5) is 18.1. The molecule has 7 nitrogen and oxygen atoms in total. The first-order chi connectivity index (χ1) is 14.2. The summed E-state index contributed by atoms with van der Waals surface area (Å²) in [7, 11) is 0. The van der Waals surface area contributed by atoms with Crippen LogP contribution in [0.3, 0.4) is 0 Å². The summed E-state index contributed by atoms with van der Waals surface area (Å²) in [6.45, 7) is 7.29. The normalized spacial score (nSPS) is 20.7. The van der Waals surface area contributed by atoms with E-state index in [9.17, 15) is 5.11 Å². The number of aliphatic hydroxyl groups excluding tert-OH is 1. The number of anilines is 3. The first kappa shape index (κ1) is 19.9. The Kier molecular flexibility index (Phi) is 6.44. The number of hydrogen-bond donors (Lipinski definition) is 2. The lowest BCUT2D eigenvalue weighted by molar-refractivity contribution is 0.208. The summed E-state index contributed by atoms with van der Waals surface area (Å²) in [6, 6.07) is 6.27. The van der Waals surface area contributed by atoms with Crippen molar-refractivity contribution in [3.63, 3.8) is 0 Å². The lowest BCUT2D eigenvalue weighted by Crippen LogP contribution is -2.37. The molecular formula is C22H32N6O. The molecule has 0 radical (unpaired) electrons. The molecule has 2 aliphatic rings. The first-order valence-electron chi connectivity index (χ1n) is 10.8. The first-order valence-corrected chi connectivity index (χ1v) is 10.8. The van der Waals surface area contributed by atoms with Gasteiger partial charge in [0.2, 0.25) is 0 Å². The standard InChI is InChI=1S/C22H32N6O/c1-17-6-9-27(10-7-17)21-5-4-18(13-24-21)12-23-20-11-22(26-16-25-20)28-8-2-3-19(14-28)15-29/h4-5,11,13,16-17,19,29H,2-3,6-10,12,14-15H2,1H3,(H,23,25,26). The third-order valence-corrected chi connectivity index (χ3v) is 6.14. The van der Waals surface area contributed by atoms with Gasteiger partial charge in [-0.3, -0.25) is 0 Å². The van der Waals surface area contributed by atoms with E-state index in [0.717, 1.165) is 68.0 Å². The molecule has 156 valence electrons. The number of hydrogen-bond acceptors (Lipinski definition) is 7. The van der Waals surface area contributed by atoms with Gasteiger partial charge in [-0.25, -0.2) is 15.0 Å². The molecule has 2 aromatic heterocycles. The molecule has 0 aliphatic carbocycles. The van der Waals surface area contributed by atoms with E-state index in [1.807, 2.05) is 12.3 Å².